The van der Waals surface area contributed by atoms with Gasteiger partial charge in [-0.05, 0) is 26.3 Å². The van der Waals surface area contributed by atoms with Crippen LogP contribution in [0.15, 0.2) is 30.3 Å². The van der Waals surface area contributed by atoms with Crippen LogP contribution in [0.25, 0.3) is 0 Å². The Balaban J connectivity index is 2.00. The van der Waals surface area contributed by atoms with Gasteiger partial charge in [0.25, 0.3) is 0 Å². The average Bonchev–Trinajstić information content (AvgIpc) is 2.94. The van der Waals surface area contributed by atoms with Crippen molar-refractivity contribution in [1.29, 1.82) is 0 Å². The Morgan fingerprint density at radius 1 is 1.13 bits per heavy atom. The second-order valence-corrected chi connectivity index (χ2v) is 4.91. The van der Waals surface area contributed by atoms with Gasteiger partial charge in [0, 0.05) is 5.41 Å². The van der Waals surface area contributed by atoms with Crippen molar-refractivity contribution in [2.24, 2.45) is 5.41 Å². The molecular formula is C14H16O. The number of epoxide rings is 1. The second-order valence-electron chi connectivity index (χ2n) is 4.91. The normalized spacial score (nSPS) is 24.2. The van der Waals surface area contributed by atoms with E-state index in [-0.39, 0.29) is 17.6 Å². The van der Waals surface area contributed by atoms with Gasteiger partial charge in [-0.1, -0.05) is 42.2 Å². The Bertz CT molecular complexity index is 389. The minimum absolute atomic E-state index is 0.0627. The lowest BCUT2D eigenvalue weighted by atomic mass is 9.97. The SMILES string of the molecule is CC(C)(C)C#CC1OC1c1ccccc1. The first-order chi connectivity index (χ1) is 7.06. The number of rotatable bonds is 1. The highest BCUT2D eigenvalue weighted by Crippen LogP contribution is 2.38. The predicted molar refractivity (Wildman–Crippen MR) is 61.3 cm³/mol. The van der Waals surface area contributed by atoms with E-state index < -0.39 is 0 Å². The van der Waals surface area contributed by atoms with Gasteiger partial charge in [-0.15, -0.1) is 0 Å². The summed E-state index contributed by atoms with van der Waals surface area (Å²) in [6, 6.07) is 10.3. The Kier molecular flexibility index (Phi) is 2.54. The molecule has 0 radical (unpaired) electrons. The van der Waals surface area contributed by atoms with Crippen LogP contribution in [0.2, 0.25) is 0 Å². The van der Waals surface area contributed by atoms with Crippen LogP contribution in [0.1, 0.15) is 32.4 Å². The van der Waals surface area contributed by atoms with E-state index in [0.29, 0.717) is 0 Å². The van der Waals surface area contributed by atoms with E-state index in [2.05, 4.69) is 44.7 Å². The summed E-state index contributed by atoms with van der Waals surface area (Å²) in [7, 11) is 0. The van der Waals surface area contributed by atoms with E-state index in [1.807, 2.05) is 18.2 Å². The lowest BCUT2D eigenvalue weighted by Gasteiger charge is -2.06. The van der Waals surface area contributed by atoms with Crippen molar-refractivity contribution in [3.8, 4) is 11.8 Å². The van der Waals surface area contributed by atoms with Crippen LogP contribution in [0.5, 0.6) is 0 Å². The van der Waals surface area contributed by atoms with Crippen molar-refractivity contribution in [1.82, 2.24) is 0 Å². The van der Waals surface area contributed by atoms with Gasteiger partial charge in [-0.2, -0.15) is 0 Å². The molecule has 1 saturated heterocycles. The fraction of sp³-hybridized carbons (Fsp3) is 0.429. The number of benzene rings is 1. The quantitative estimate of drug-likeness (QED) is 0.501. The van der Waals surface area contributed by atoms with Crippen molar-refractivity contribution in [2.75, 3.05) is 0 Å². The number of ether oxygens (including phenoxy) is 1. The largest absolute Gasteiger partial charge is 0.351 e. The van der Waals surface area contributed by atoms with E-state index in [9.17, 15) is 0 Å². The maximum Gasteiger partial charge on any atom is 0.149 e. The average molecular weight is 200 g/mol. The number of hydrogen-bond donors (Lipinski definition) is 0. The van der Waals surface area contributed by atoms with Crippen LogP contribution >= 0.6 is 0 Å². The lowest BCUT2D eigenvalue weighted by molar-refractivity contribution is 0.396. The Hall–Kier alpha value is -1.26. The molecule has 1 nitrogen and oxygen atoms in total. The fourth-order valence-corrected chi connectivity index (χ4v) is 1.41. The molecule has 2 rings (SSSR count). The van der Waals surface area contributed by atoms with Crippen molar-refractivity contribution in [3.63, 3.8) is 0 Å². The van der Waals surface area contributed by atoms with Crippen LogP contribution in [0, 0.1) is 17.3 Å². The van der Waals surface area contributed by atoms with Crippen LogP contribution in [0.4, 0.5) is 0 Å². The summed E-state index contributed by atoms with van der Waals surface area (Å²) in [6.07, 6.45) is 0.299. The first kappa shape index (κ1) is 10.3. The molecule has 78 valence electrons. The molecule has 0 bridgehead atoms. The zero-order valence-corrected chi connectivity index (χ0v) is 9.45. The molecule has 0 N–H and O–H groups in total. The molecule has 1 aromatic rings. The zero-order chi connectivity index (χ0) is 10.9. The minimum atomic E-state index is 0.0627. The predicted octanol–water partition coefficient (Wildman–Crippen LogP) is 3.18. The van der Waals surface area contributed by atoms with Gasteiger partial charge in [0.1, 0.15) is 12.2 Å². The van der Waals surface area contributed by atoms with Crippen LogP contribution in [0.3, 0.4) is 0 Å². The highest BCUT2D eigenvalue weighted by Gasteiger charge is 2.38. The smallest absolute Gasteiger partial charge is 0.149 e. The van der Waals surface area contributed by atoms with Crippen molar-refractivity contribution < 1.29 is 4.74 Å². The first-order valence-electron chi connectivity index (χ1n) is 5.29. The van der Waals surface area contributed by atoms with E-state index in [1.165, 1.54) is 5.56 Å². The van der Waals surface area contributed by atoms with Crippen LogP contribution in [-0.2, 0) is 4.74 Å². The summed E-state index contributed by atoms with van der Waals surface area (Å²) >= 11 is 0. The standard InChI is InChI=1S/C14H16O/c1-14(2,3)10-9-12-13(15-12)11-7-5-4-6-8-11/h4-8,12-13H,1-3H3. The minimum Gasteiger partial charge on any atom is -0.351 e. The van der Waals surface area contributed by atoms with Crippen molar-refractivity contribution in [2.45, 2.75) is 33.0 Å². The first-order valence-corrected chi connectivity index (χ1v) is 5.29. The Morgan fingerprint density at radius 2 is 1.80 bits per heavy atom. The van der Waals surface area contributed by atoms with Gasteiger partial charge in [0.05, 0.1) is 0 Å². The van der Waals surface area contributed by atoms with Gasteiger partial charge in [0.2, 0.25) is 0 Å². The highest BCUT2D eigenvalue weighted by molar-refractivity contribution is 5.28. The summed E-state index contributed by atoms with van der Waals surface area (Å²) in [6.45, 7) is 6.33. The van der Waals surface area contributed by atoms with Gasteiger partial charge in [-0.25, -0.2) is 0 Å². The molecule has 0 amide bonds. The van der Waals surface area contributed by atoms with E-state index in [4.69, 9.17) is 4.74 Å². The maximum absolute atomic E-state index is 5.52. The molecule has 15 heavy (non-hydrogen) atoms. The maximum atomic E-state index is 5.52. The molecule has 0 aromatic heterocycles. The highest BCUT2D eigenvalue weighted by atomic mass is 16.6. The summed E-state index contributed by atoms with van der Waals surface area (Å²) in [5, 5.41) is 0. The van der Waals surface area contributed by atoms with E-state index in [0.717, 1.165) is 0 Å². The molecular weight excluding hydrogens is 184 g/mol. The third kappa shape index (κ3) is 2.84. The van der Waals surface area contributed by atoms with Crippen LogP contribution in [-0.4, -0.2) is 6.10 Å². The molecule has 2 unspecified atom stereocenters. The van der Waals surface area contributed by atoms with Gasteiger partial charge in [-0.3, -0.25) is 0 Å². The second kappa shape index (κ2) is 3.72. The van der Waals surface area contributed by atoms with Crippen molar-refractivity contribution >= 4 is 0 Å². The van der Waals surface area contributed by atoms with Crippen molar-refractivity contribution in [3.05, 3.63) is 35.9 Å². The molecule has 0 aliphatic carbocycles. The monoisotopic (exact) mass is 200 g/mol. The summed E-state index contributed by atoms with van der Waals surface area (Å²) in [5.74, 6) is 6.38. The lowest BCUT2D eigenvalue weighted by Crippen LogP contribution is -2.00. The Labute approximate surface area is 91.5 Å². The molecule has 1 heterocycles. The third-order valence-corrected chi connectivity index (χ3v) is 2.21. The number of hydrogen-bond acceptors (Lipinski definition) is 1. The summed E-state index contributed by atoms with van der Waals surface area (Å²) in [5.41, 5.74) is 1.29. The molecule has 2 atom stereocenters. The molecule has 1 aromatic carbocycles. The summed E-state index contributed by atoms with van der Waals surface area (Å²) in [4.78, 5) is 0. The molecule has 1 heteroatoms. The summed E-state index contributed by atoms with van der Waals surface area (Å²) < 4.78 is 5.52. The molecule has 1 aliphatic heterocycles. The Morgan fingerprint density at radius 3 is 2.40 bits per heavy atom. The van der Waals surface area contributed by atoms with Crippen LogP contribution < -0.4 is 0 Å². The third-order valence-electron chi connectivity index (χ3n) is 2.21. The molecule has 1 aliphatic rings. The molecule has 0 saturated carbocycles. The fourth-order valence-electron chi connectivity index (χ4n) is 1.41. The van der Waals surface area contributed by atoms with Gasteiger partial charge >= 0.3 is 0 Å². The topological polar surface area (TPSA) is 12.5 Å². The van der Waals surface area contributed by atoms with Gasteiger partial charge < -0.3 is 4.74 Å². The molecule has 0 spiro atoms. The molecule has 1 fully saturated rings. The zero-order valence-electron chi connectivity index (χ0n) is 9.45. The van der Waals surface area contributed by atoms with E-state index in [1.54, 1.807) is 0 Å². The van der Waals surface area contributed by atoms with Gasteiger partial charge in [0.15, 0.2) is 0 Å². The van der Waals surface area contributed by atoms with E-state index >= 15 is 0 Å².